The predicted molar refractivity (Wildman–Crippen MR) is 61.3 cm³/mol. The minimum atomic E-state index is 0.498. The van der Waals surface area contributed by atoms with Gasteiger partial charge in [-0.05, 0) is 43.2 Å². The van der Waals surface area contributed by atoms with Gasteiger partial charge in [-0.2, -0.15) is 0 Å². The van der Waals surface area contributed by atoms with E-state index in [1.807, 2.05) is 0 Å². The Bertz CT molecular complexity index is 318. The normalized spacial score (nSPS) is 15.6. The molecule has 0 radical (unpaired) electrons. The molecular weight excluding hydrogens is 192 g/mol. The largest absolute Gasteiger partial charge is 0.490 e. The molecule has 0 amide bonds. The van der Waals surface area contributed by atoms with Crippen molar-refractivity contribution in [3.63, 3.8) is 0 Å². The van der Waals surface area contributed by atoms with E-state index in [4.69, 9.17) is 4.74 Å². The summed E-state index contributed by atoms with van der Waals surface area (Å²) in [6.45, 7) is 2.17. The molecule has 0 aromatic heterocycles. The van der Waals surface area contributed by atoms with Gasteiger partial charge in [0.25, 0.3) is 0 Å². The van der Waals surface area contributed by atoms with Crippen molar-refractivity contribution in [2.75, 3.05) is 6.26 Å². The minimum absolute atomic E-state index is 0.498. The van der Waals surface area contributed by atoms with Crippen molar-refractivity contribution < 1.29 is 4.74 Å². The molecule has 2 heteroatoms. The Morgan fingerprint density at radius 3 is 2.79 bits per heavy atom. The van der Waals surface area contributed by atoms with E-state index >= 15 is 0 Å². The summed E-state index contributed by atoms with van der Waals surface area (Å²) in [5.74, 6) is 1.10. The molecule has 1 nitrogen and oxygen atoms in total. The highest BCUT2D eigenvalue weighted by Gasteiger charge is 2.24. The van der Waals surface area contributed by atoms with Crippen LogP contribution < -0.4 is 4.74 Å². The maximum atomic E-state index is 5.88. The second-order valence-electron chi connectivity index (χ2n) is 3.64. The summed E-state index contributed by atoms with van der Waals surface area (Å²) in [6, 6.07) is 6.52. The van der Waals surface area contributed by atoms with Gasteiger partial charge in [-0.1, -0.05) is 13.0 Å². The zero-order valence-corrected chi connectivity index (χ0v) is 9.56. The summed E-state index contributed by atoms with van der Waals surface area (Å²) in [7, 11) is 0. The Kier molecular flexibility index (Phi) is 3.02. The Labute approximate surface area is 89.9 Å². The molecule has 0 N–H and O–H groups in total. The van der Waals surface area contributed by atoms with Gasteiger partial charge in [-0.3, -0.25) is 0 Å². The van der Waals surface area contributed by atoms with Crippen LogP contribution in [0.2, 0.25) is 0 Å². The zero-order chi connectivity index (χ0) is 9.97. The fourth-order valence-corrected chi connectivity index (χ4v) is 1.86. The fraction of sp³-hybridized carbons (Fsp3) is 0.500. The van der Waals surface area contributed by atoms with Gasteiger partial charge < -0.3 is 4.74 Å². The van der Waals surface area contributed by atoms with Crippen molar-refractivity contribution in [3.05, 3.63) is 23.8 Å². The monoisotopic (exact) mass is 208 g/mol. The molecule has 0 heterocycles. The van der Waals surface area contributed by atoms with Crippen LogP contribution in [0.5, 0.6) is 5.75 Å². The van der Waals surface area contributed by atoms with Crippen LogP contribution in [0, 0.1) is 0 Å². The van der Waals surface area contributed by atoms with Gasteiger partial charge >= 0.3 is 0 Å². The second kappa shape index (κ2) is 4.26. The molecule has 1 fully saturated rings. The van der Waals surface area contributed by atoms with Crippen molar-refractivity contribution >= 4 is 11.8 Å². The SMILES string of the molecule is CCc1ccc(SC)cc1OC1CC1. The summed E-state index contributed by atoms with van der Waals surface area (Å²) < 4.78 is 5.88. The maximum Gasteiger partial charge on any atom is 0.124 e. The lowest BCUT2D eigenvalue weighted by Gasteiger charge is -2.10. The summed E-state index contributed by atoms with van der Waals surface area (Å²) in [6.07, 6.45) is 6.11. The predicted octanol–water partition coefficient (Wildman–Crippen LogP) is 3.51. The van der Waals surface area contributed by atoms with E-state index in [0.717, 1.165) is 12.2 Å². The molecule has 0 atom stereocenters. The van der Waals surface area contributed by atoms with Crippen molar-refractivity contribution in [1.29, 1.82) is 0 Å². The highest BCUT2D eigenvalue weighted by molar-refractivity contribution is 7.98. The highest BCUT2D eigenvalue weighted by atomic mass is 32.2. The van der Waals surface area contributed by atoms with Crippen LogP contribution in [-0.4, -0.2) is 12.4 Å². The first-order valence-corrected chi connectivity index (χ1v) is 6.39. The van der Waals surface area contributed by atoms with E-state index in [-0.39, 0.29) is 0 Å². The van der Waals surface area contributed by atoms with Gasteiger partial charge in [-0.15, -0.1) is 11.8 Å². The molecule has 1 aromatic carbocycles. The molecule has 0 unspecified atom stereocenters. The van der Waals surface area contributed by atoms with Crippen molar-refractivity contribution in [2.24, 2.45) is 0 Å². The van der Waals surface area contributed by atoms with E-state index in [0.29, 0.717) is 6.10 Å². The van der Waals surface area contributed by atoms with Crippen LogP contribution in [0.25, 0.3) is 0 Å². The van der Waals surface area contributed by atoms with Gasteiger partial charge in [-0.25, -0.2) is 0 Å². The van der Waals surface area contributed by atoms with Crippen LogP contribution in [0.4, 0.5) is 0 Å². The van der Waals surface area contributed by atoms with E-state index in [1.54, 1.807) is 11.8 Å². The highest BCUT2D eigenvalue weighted by Crippen LogP contribution is 2.32. The van der Waals surface area contributed by atoms with Crippen LogP contribution in [0.1, 0.15) is 25.3 Å². The molecule has 1 saturated carbocycles. The number of benzene rings is 1. The van der Waals surface area contributed by atoms with Crippen molar-refractivity contribution in [3.8, 4) is 5.75 Å². The van der Waals surface area contributed by atoms with Crippen LogP contribution >= 0.6 is 11.8 Å². The molecule has 0 bridgehead atoms. The van der Waals surface area contributed by atoms with E-state index in [2.05, 4.69) is 31.4 Å². The van der Waals surface area contributed by atoms with Gasteiger partial charge in [0, 0.05) is 4.90 Å². The molecule has 1 aliphatic rings. The molecule has 76 valence electrons. The number of rotatable bonds is 4. The molecule has 0 saturated heterocycles. The van der Waals surface area contributed by atoms with Gasteiger partial charge in [0.05, 0.1) is 6.10 Å². The molecule has 1 aliphatic carbocycles. The van der Waals surface area contributed by atoms with E-state index < -0.39 is 0 Å². The van der Waals surface area contributed by atoms with Gasteiger partial charge in [0.15, 0.2) is 0 Å². The first-order chi connectivity index (χ1) is 6.83. The fourth-order valence-electron chi connectivity index (χ4n) is 1.43. The van der Waals surface area contributed by atoms with E-state index in [1.165, 1.54) is 23.3 Å². The Hall–Kier alpha value is -0.630. The smallest absolute Gasteiger partial charge is 0.124 e. The summed E-state index contributed by atoms with van der Waals surface area (Å²) >= 11 is 1.77. The second-order valence-corrected chi connectivity index (χ2v) is 4.52. The molecule has 0 spiro atoms. The number of hydrogen-bond donors (Lipinski definition) is 0. The molecule has 1 aromatic rings. The summed E-state index contributed by atoms with van der Waals surface area (Å²) in [5, 5.41) is 0. The van der Waals surface area contributed by atoms with E-state index in [9.17, 15) is 0 Å². The lowest BCUT2D eigenvalue weighted by Crippen LogP contribution is -1.99. The van der Waals surface area contributed by atoms with Crippen LogP contribution in [0.3, 0.4) is 0 Å². The quantitative estimate of drug-likeness (QED) is 0.700. The third-order valence-electron chi connectivity index (χ3n) is 2.47. The molecule has 0 aliphatic heterocycles. The first kappa shape index (κ1) is 9.91. The molecule has 14 heavy (non-hydrogen) atoms. The van der Waals surface area contributed by atoms with Crippen molar-refractivity contribution in [1.82, 2.24) is 0 Å². The number of aryl methyl sites for hydroxylation is 1. The van der Waals surface area contributed by atoms with Crippen LogP contribution in [0.15, 0.2) is 23.1 Å². The standard InChI is InChI=1S/C12H16OS/c1-3-9-4-7-11(14-2)8-12(9)13-10-5-6-10/h4,7-8,10H,3,5-6H2,1-2H3. The Morgan fingerprint density at radius 1 is 1.43 bits per heavy atom. The third-order valence-corrected chi connectivity index (χ3v) is 3.20. The number of ether oxygens (including phenoxy) is 1. The number of hydrogen-bond acceptors (Lipinski definition) is 2. The van der Waals surface area contributed by atoms with Gasteiger partial charge in [0.1, 0.15) is 5.75 Å². The molecule has 2 rings (SSSR count). The zero-order valence-electron chi connectivity index (χ0n) is 8.75. The van der Waals surface area contributed by atoms with Crippen LogP contribution in [-0.2, 0) is 6.42 Å². The lowest BCUT2D eigenvalue weighted by atomic mass is 10.1. The maximum absolute atomic E-state index is 5.88. The average molecular weight is 208 g/mol. The minimum Gasteiger partial charge on any atom is -0.490 e. The third kappa shape index (κ3) is 2.24. The molecular formula is C12H16OS. The topological polar surface area (TPSA) is 9.23 Å². The Morgan fingerprint density at radius 2 is 2.21 bits per heavy atom. The van der Waals surface area contributed by atoms with Crippen molar-refractivity contribution in [2.45, 2.75) is 37.2 Å². The number of thioether (sulfide) groups is 1. The summed E-state index contributed by atoms with van der Waals surface area (Å²) in [4.78, 5) is 1.29. The average Bonchev–Trinajstić information content (AvgIpc) is 3.01. The summed E-state index contributed by atoms with van der Waals surface area (Å²) in [5.41, 5.74) is 1.33. The lowest BCUT2D eigenvalue weighted by molar-refractivity contribution is 0.299. The Balaban J connectivity index is 2.21. The first-order valence-electron chi connectivity index (χ1n) is 5.17. The van der Waals surface area contributed by atoms with Gasteiger partial charge in [0.2, 0.25) is 0 Å².